The molecule has 0 saturated carbocycles. The number of nitrogens with zero attached hydrogens (tertiary/aromatic N) is 2. The van der Waals surface area contributed by atoms with Crippen LogP contribution < -0.4 is 5.32 Å². The van der Waals surface area contributed by atoms with E-state index in [1.165, 1.54) is 0 Å². The molecule has 1 atom stereocenters. The molecule has 0 fully saturated rings. The second-order valence-electron chi connectivity index (χ2n) is 4.81. The molecule has 0 amide bonds. The van der Waals surface area contributed by atoms with E-state index in [2.05, 4.69) is 24.3 Å². The molecule has 0 aliphatic carbocycles. The van der Waals surface area contributed by atoms with Crippen molar-refractivity contribution in [3.8, 4) is 0 Å². The molecule has 0 aliphatic rings. The van der Waals surface area contributed by atoms with Crippen molar-refractivity contribution in [3.63, 3.8) is 0 Å². The molecule has 1 rings (SSSR count). The van der Waals surface area contributed by atoms with Crippen molar-refractivity contribution in [2.75, 3.05) is 19.8 Å². The van der Waals surface area contributed by atoms with Crippen molar-refractivity contribution in [2.24, 2.45) is 0 Å². The minimum Gasteiger partial charge on any atom is -0.351 e. The topological polar surface area (TPSA) is 48.3 Å². The summed E-state index contributed by atoms with van der Waals surface area (Å²) in [5.74, 6) is 0. The van der Waals surface area contributed by atoms with E-state index in [1.54, 1.807) is 6.20 Å². The fourth-order valence-corrected chi connectivity index (χ4v) is 2.52. The molecule has 0 aromatic carbocycles. The Balaban J connectivity index is 3.06. The second kappa shape index (κ2) is 10.2. The first-order valence-electron chi connectivity index (χ1n) is 7.87. The predicted octanol–water partition coefficient (Wildman–Crippen LogP) is 3.39. The Morgan fingerprint density at radius 1 is 1.19 bits per heavy atom. The van der Waals surface area contributed by atoms with Crippen molar-refractivity contribution < 1.29 is 9.47 Å². The Morgan fingerprint density at radius 3 is 2.38 bits per heavy atom. The van der Waals surface area contributed by atoms with Gasteiger partial charge in [-0.2, -0.15) is 5.10 Å². The van der Waals surface area contributed by atoms with Crippen LogP contribution in [0.5, 0.6) is 0 Å². The molecule has 21 heavy (non-hydrogen) atoms. The number of aromatic nitrogens is 2. The first kappa shape index (κ1) is 18.4. The van der Waals surface area contributed by atoms with Crippen molar-refractivity contribution in [1.82, 2.24) is 15.1 Å². The average Bonchev–Trinajstić information content (AvgIpc) is 2.82. The van der Waals surface area contributed by atoms with Crippen molar-refractivity contribution in [2.45, 2.75) is 59.4 Å². The third kappa shape index (κ3) is 5.25. The zero-order valence-electron chi connectivity index (χ0n) is 13.6. The minimum atomic E-state index is -0.364. The van der Waals surface area contributed by atoms with Crippen molar-refractivity contribution in [3.05, 3.63) is 16.9 Å². The zero-order valence-corrected chi connectivity index (χ0v) is 14.3. The maximum absolute atomic E-state index is 6.36. The van der Waals surface area contributed by atoms with E-state index < -0.39 is 0 Å². The quantitative estimate of drug-likeness (QED) is 0.636. The van der Waals surface area contributed by atoms with Crippen LogP contribution in [0.4, 0.5) is 0 Å². The van der Waals surface area contributed by atoms with Crippen LogP contribution in [-0.2, 0) is 16.0 Å². The van der Waals surface area contributed by atoms with Crippen LogP contribution in [0.3, 0.4) is 0 Å². The molecule has 1 aromatic rings. The first-order chi connectivity index (χ1) is 10.2. The molecule has 5 nitrogen and oxygen atoms in total. The van der Waals surface area contributed by atoms with Gasteiger partial charge in [-0.15, -0.1) is 0 Å². The van der Waals surface area contributed by atoms with Gasteiger partial charge in [0.25, 0.3) is 0 Å². The van der Waals surface area contributed by atoms with Crippen LogP contribution in [0.2, 0.25) is 5.02 Å². The number of aryl methyl sites for hydroxylation is 1. The molecule has 6 heteroatoms. The maximum atomic E-state index is 6.36. The highest BCUT2D eigenvalue weighted by atomic mass is 35.5. The molecular weight excluding hydrogens is 290 g/mol. The Hall–Kier alpha value is -0.620. The Labute approximate surface area is 132 Å². The molecule has 0 bridgehead atoms. The van der Waals surface area contributed by atoms with Gasteiger partial charge in [0.15, 0.2) is 6.29 Å². The standard InChI is InChI=1S/C15H28ClN3O2/c1-5-9-17-13(15(20-7-3)21-8-4)14-12(16)11-18-19(14)10-6-2/h11,13,15,17H,5-10H2,1-4H3. The summed E-state index contributed by atoms with van der Waals surface area (Å²) in [5, 5.41) is 8.51. The summed E-state index contributed by atoms with van der Waals surface area (Å²) in [4.78, 5) is 0. The largest absolute Gasteiger partial charge is 0.351 e. The minimum absolute atomic E-state index is 0.119. The molecular formula is C15H28ClN3O2. The van der Waals surface area contributed by atoms with E-state index in [-0.39, 0.29) is 12.3 Å². The van der Waals surface area contributed by atoms with Gasteiger partial charge < -0.3 is 14.8 Å². The van der Waals surface area contributed by atoms with E-state index in [0.29, 0.717) is 18.2 Å². The van der Waals surface area contributed by atoms with E-state index in [9.17, 15) is 0 Å². The highest BCUT2D eigenvalue weighted by Gasteiger charge is 2.29. The van der Waals surface area contributed by atoms with E-state index in [0.717, 1.165) is 31.6 Å². The van der Waals surface area contributed by atoms with Gasteiger partial charge >= 0.3 is 0 Å². The summed E-state index contributed by atoms with van der Waals surface area (Å²) in [7, 11) is 0. The number of halogens is 1. The van der Waals surface area contributed by atoms with Crippen LogP contribution in [-0.4, -0.2) is 35.8 Å². The van der Waals surface area contributed by atoms with Gasteiger partial charge in [-0.1, -0.05) is 25.4 Å². The molecule has 1 N–H and O–H groups in total. The summed E-state index contributed by atoms with van der Waals surface area (Å²) < 4.78 is 13.5. The lowest BCUT2D eigenvalue weighted by molar-refractivity contribution is -0.156. The van der Waals surface area contributed by atoms with E-state index in [4.69, 9.17) is 21.1 Å². The molecule has 1 heterocycles. The van der Waals surface area contributed by atoms with Gasteiger partial charge in [0, 0.05) is 19.8 Å². The number of hydrogen-bond donors (Lipinski definition) is 1. The smallest absolute Gasteiger partial charge is 0.178 e. The lowest BCUT2D eigenvalue weighted by atomic mass is 10.1. The normalized spacial score (nSPS) is 13.0. The van der Waals surface area contributed by atoms with Crippen LogP contribution >= 0.6 is 11.6 Å². The fraction of sp³-hybridized carbons (Fsp3) is 0.800. The van der Waals surface area contributed by atoms with Crippen LogP contribution in [0.25, 0.3) is 0 Å². The van der Waals surface area contributed by atoms with Crippen molar-refractivity contribution in [1.29, 1.82) is 0 Å². The molecule has 1 aromatic heterocycles. The lowest BCUT2D eigenvalue weighted by Crippen LogP contribution is -2.38. The number of ether oxygens (including phenoxy) is 2. The third-order valence-electron chi connectivity index (χ3n) is 3.11. The summed E-state index contributed by atoms with van der Waals surface area (Å²) in [6.45, 7) is 11.1. The third-order valence-corrected chi connectivity index (χ3v) is 3.40. The van der Waals surface area contributed by atoms with E-state index >= 15 is 0 Å². The maximum Gasteiger partial charge on any atom is 0.178 e. The summed E-state index contributed by atoms with van der Waals surface area (Å²) in [6.07, 6.45) is 3.36. The summed E-state index contributed by atoms with van der Waals surface area (Å²) in [5.41, 5.74) is 0.943. The van der Waals surface area contributed by atoms with Gasteiger partial charge in [-0.25, -0.2) is 0 Å². The molecule has 0 radical (unpaired) electrons. The van der Waals surface area contributed by atoms with Crippen LogP contribution in [0.1, 0.15) is 52.3 Å². The second-order valence-corrected chi connectivity index (χ2v) is 5.22. The molecule has 0 aliphatic heterocycles. The van der Waals surface area contributed by atoms with Crippen LogP contribution in [0.15, 0.2) is 6.20 Å². The van der Waals surface area contributed by atoms with Crippen LogP contribution in [0, 0.1) is 0 Å². The number of rotatable bonds is 11. The molecule has 1 unspecified atom stereocenters. The number of hydrogen-bond acceptors (Lipinski definition) is 4. The van der Waals surface area contributed by atoms with Gasteiger partial charge in [0.05, 0.1) is 16.9 Å². The monoisotopic (exact) mass is 317 g/mol. The first-order valence-corrected chi connectivity index (χ1v) is 8.25. The zero-order chi connectivity index (χ0) is 15.7. The summed E-state index contributed by atoms with van der Waals surface area (Å²) >= 11 is 6.36. The predicted molar refractivity (Wildman–Crippen MR) is 85.6 cm³/mol. The molecule has 0 spiro atoms. The Kier molecular flexibility index (Phi) is 8.92. The highest BCUT2D eigenvalue weighted by molar-refractivity contribution is 6.31. The van der Waals surface area contributed by atoms with Gasteiger partial charge in [-0.3, -0.25) is 4.68 Å². The molecule has 0 saturated heterocycles. The highest BCUT2D eigenvalue weighted by Crippen LogP contribution is 2.27. The van der Waals surface area contributed by atoms with Crippen molar-refractivity contribution >= 4 is 11.6 Å². The van der Waals surface area contributed by atoms with Gasteiger partial charge in [0.2, 0.25) is 0 Å². The summed E-state index contributed by atoms with van der Waals surface area (Å²) in [6, 6.07) is -0.119. The lowest BCUT2D eigenvalue weighted by Gasteiger charge is -2.28. The SMILES string of the molecule is CCCNC(c1c(Cl)cnn1CCC)C(OCC)OCC. The number of nitrogens with one attached hydrogen (secondary N) is 1. The van der Waals surface area contributed by atoms with Gasteiger partial charge in [-0.05, 0) is 33.2 Å². The fourth-order valence-electron chi connectivity index (χ4n) is 2.26. The molecule has 122 valence electrons. The average molecular weight is 318 g/mol. The van der Waals surface area contributed by atoms with E-state index in [1.807, 2.05) is 18.5 Å². The van der Waals surface area contributed by atoms with Gasteiger partial charge in [0.1, 0.15) is 6.04 Å². The Bertz CT molecular complexity index is 392. The Morgan fingerprint density at radius 2 is 1.86 bits per heavy atom.